The largest absolute Gasteiger partial charge is 0.348 e. The molecule has 0 aromatic carbocycles. The van der Waals surface area contributed by atoms with Crippen LogP contribution in [-0.4, -0.2) is 9.97 Å². The average molecular weight is 279 g/mol. The molecule has 0 fully saturated rings. The smallest absolute Gasteiger partial charge is 0.106 e. The maximum Gasteiger partial charge on any atom is 0.106 e. The van der Waals surface area contributed by atoms with E-state index in [1.54, 1.807) is 0 Å². The Bertz CT molecular complexity index is 333. The van der Waals surface area contributed by atoms with E-state index in [4.69, 9.17) is 5.73 Å². The van der Waals surface area contributed by atoms with Crippen LogP contribution in [0.3, 0.4) is 0 Å². The molecular weight excluding hydrogens is 246 g/mol. The Labute approximate surface area is 124 Å². The van der Waals surface area contributed by atoms with E-state index in [0.717, 1.165) is 24.4 Å². The fraction of sp³-hybridized carbons (Fsp3) is 0.824. The standard InChI is InChI=1S/C17H33N3/c1-3-5-6-7-8-9-10-11-12-13-17-19-14-16(20-17)15(18)4-2/h14-15H,3-13,18H2,1-2H3,(H,19,20). The summed E-state index contributed by atoms with van der Waals surface area (Å²) in [6, 6.07) is 0.0862. The summed E-state index contributed by atoms with van der Waals surface area (Å²) in [6.07, 6.45) is 16.3. The fourth-order valence-electron chi connectivity index (χ4n) is 2.51. The highest BCUT2D eigenvalue weighted by Gasteiger charge is 2.07. The average Bonchev–Trinajstić information content (AvgIpc) is 2.93. The summed E-state index contributed by atoms with van der Waals surface area (Å²) in [4.78, 5) is 7.82. The number of rotatable bonds is 12. The SMILES string of the molecule is CCCCCCCCCCCc1nc(C(N)CC)c[nH]1. The van der Waals surface area contributed by atoms with Gasteiger partial charge in [-0.2, -0.15) is 0 Å². The Morgan fingerprint density at radius 1 is 1.00 bits per heavy atom. The van der Waals surface area contributed by atoms with Crippen molar-refractivity contribution in [2.24, 2.45) is 5.73 Å². The Hall–Kier alpha value is -0.830. The molecule has 3 nitrogen and oxygen atoms in total. The van der Waals surface area contributed by atoms with Crippen molar-refractivity contribution in [3.05, 3.63) is 17.7 Å². The number of nitrogens with two attached hydrogens (primary N) is 1. The predicted octanol–water partition coefficient (Wildman–Crippen LogP) is 4.89. The van der Waals surface area contributed by atoms with Gasteiger partial charge in [-0.05, 0) is 12.8 Å². The zero-order valence-electron chi connectivity index (χ0n) is 13.5. The van der Waals surface area contributed by atoms with Gasteiger partial charge in [-0.15, -0.1) is 0 Å². The van der Waals surface area contributed by atoms with Crippen LogP contribution in [0.5, 0.6) is 0 Å². The van der Waals surface area contributed by atoms with Gasteiger partial charge in [0.2, 0.25) is 0 Å². The summed E-state index contributed by atoms with van der Waals surface area (Å²) in [5.41, 5.74) is 6.98. The van der Waals surface area contributed by atoms with E-state index in [-0.39, 0.29) is 6.04 Å². The van der Waals surface area contributed by atoms with Gasteiger partial charge in [-0.1, -0.05) is 65.2 Å². The highest BCUT2D eigenvalue weighted by atomic mass is 14.9. The van der Waals surface area contributed by atoms with Crippen LogP contribution in [0.15, 0.2) is 6.20 Å². The lowest BCUT2D eigenvalue weighted by Crippen LogP contribution is -2.08. The lowest BCUT2D eigenvalue weighted by molar-refractivity contribution is 0.562. The second-order valence-corrected chi connectivity index (χ2v) is 5.87. The molecular formula is C17H33N3. The molecule has 1 heterocycles. The molecule has 1 aromatic rings. The zero-order valence-corrected chi connectivity index (χ0v) is 13.5. The monoisotopic (exact) mass is 279 g/mol. The first-order valence-electron chi connectivity index (χ1n) is 8.57. The van der Waals surface area contributed by atoms with Crippen LogP contribution >= 0.6 is 0 Å². The van der Waals surface area contributed by atoms with Crippen LogP contribution in [0.1, 0.15) is 95.6 Å². The van der Waals surface area contributed by atoms with Gasteiger partial charge in [0.05, 0.1) is 5.69 Å². The lowest BCUT2D eigenvalue weighted by Gasteiger charge is -2.03. The van der Waals surface area contributed by atoms with Crippen molar-refractivity contribution in [2.45, 2.75) is 90.5 Å². The summed E-state index contributed by atoms with van der Waals surface area (Å²) in [5.74, 6) is 1.10. The summed E-state index contributed by atoms with van der Waals surface area (Å²) in [6.45, 7) is 4.37. The molecule has 0 saturated carbocycles. The summed E-state index contributed by atoms with van der Waals surface area (Å²) < 4.78 is 0. The Morgan fingerprint density at radius 2 is 1.60 bits per heavy atom. The highest BCUT2D eigenvalue weighted by Crippen LogP contribution is 2.13. The van der Waals surface area contributed by atoms with Gasteiger partial charge in [-0.25, -0.2) is 4.98 Å². The van der Waals surface area contributed by atoms with Gasteiger partial charge in [0.1, 0.15) is 5.82 Å². The number of unbranched alkanes of at least 4 members (excludes halogenated alkanes) is 8. The number of nitrogens with zero attached hydrogens (tertiary/aromatic N) is 1. The van der Waals surface area contributed by atoms with Crippen molar-refractivity contribution >= 4 is 0 Å². The van der Waals surface area contributed by atoms with Crippen molar-refractivity contribution in [1.82, 2.24) is 9.97 Å². The summed E-state index contributed by atoms with van der Waals surface area (Å²) in [5, 5.41) is 0. The molecule has 0 amide bonds. The van der Waals surface area contributed by atoms with Crippen LogP contribution in [0.25, 0.3) is 0 Å². The van der Waals surface area contributed by atoms with E-state index < -0.39 is 0 Å². The molecule has 0 aliphatic heterocycles. The third-order valence-electron chi connectivity index (χ3n) is 3.99. The molecule has 1 unspecified atom stereocenters. The topological polar surface area (TPSA) is 54.7 Å². The molecule has 0 aliphatic carbocycles. The Morgan fingerprint density at radius 3 is 2.20 bits per heavy atom. The van der Waals surface area contributed by atoms with E-state index in [2.05, 4.69) is 23.8 Å². The molecule has 116 valence electrons. The van der Waals surface area contributed by atoms with E-state index in [1.807, 2.05) is 6.20 Å². The summed E-state index contributed by atoms with van der Waals surface area (Å²) in [7, 11) is 0. The van der Waals surface area contributed by atoms with E-state index in [9.17, 15) is 0 Å². The second-order valence-electron chi connectivity index (χ2n) is 5.87. The molecule has 0 spiro atoms. The van der Waals surface area contributed by atoms with Crippen molar-refractivity contribution in [3.63, 3.8) is 0 Å². The fourth-order valence-corrected chi connectivity index (χ4v) is 2.51. The van der Waals surface area contributed by atoms with Gasteiger partial charge < -0.3 is 10.7 Å². The Kier molecular flexibility index (Phi) is 9.38. The van der Waals surface area contributed by atoms with E-state index >= 15 is 0 Å². The number of aromatic nitrogens is 2. The molecule has 0 bridgehead atoms. The molecule has 0 aliphatic rings. The third-order valence-corrected chi connectivity index (χ3v) is 3.99. The number of hydrogen-bond donors (Lipinski definition) is 2. The van der Waals surface area contributed by atoms with Gasteiger partial charge in [0.15, 0.2) is 0 Å². The number of nitrogens with one attached hydrogen (secondary N) is 1. The van der Waals surface area contributed by atoms with Gasteiger partial charge in [0.25, 0.3) is 0 Å². The van der Waals surface area contributed by atoms with Gasteiger partial charge in [-0.3, -0.25) is 0 Å². The van der Waals surface area contributed by atoms with Crippen LogP contribution in [0.4, 0.5) is 0 Å². The first kappa shape index (κ1) is 17.2. The highest BCUT2D eigenvalue weighted by molar-refractivity contribution is 5.05. The molecule has 1 aromatic heterocycles. The normalized spacial score (nSPS) is 12.8. The first-order chi connectivity index (χ1) is 9.77. The minimum atomic E-state index is 0.0862. The summed E-state index contributed by atoms with van der Waals surface area (Å²) >= 11 is 0. The molecule has 1 atom stereocenters. The number of aromatic amines is 1. The van der Waals surface area contributed by atoms with Gasteiger partial charge >= 0.3 is 0 Å². The first-order valence-corrected chi connectivity index (χ1v) is 8.57. The molecule has 3 N–H and O–H groups in total. The Balaban J connectivity index is 2.00. The molecule has 0 radical (unpaired) electrons. The zero-order chi connectivity index (χ0) is 14.6. The maximum atomic E-state index is 5.97. The molecule has 1 rings (SSSR count). The minimum absolute atomic E-state index is 0.0862. The van der Waals surface area contributed by atoms with Crippen LogP contribution in [0, 0.1) is 0 Å². The van der Waals surface area contributed by atoms with Gasteiger partial charge in [0, 0.05) is 18.7 Å². The number of imidazole rings is 1. The number of hydrogen-bond acceptors (Lipinski definition) is 2. The van der Waals surface area contributed by atoms with E-state index in [0.29, 0.717) is 0 Å². The van der Waals surface area contributed by atoms with E-state index in [1.165, 1.54) is 57.8 Å². The minimum Gasteiger partial charge on any atom is -0.348 e. The maximum absolute atomic E-state index is 5.97. The quantitative estimate of drug-likeness (QED) is 0.535. The number of aryl methyl sites for hydroxylation is 1. The van der Waals surface area contributed by atoms with Crippen molar-refractivity contribution in [1.29, 1.82) is 0 Å². The van der Waals surface area contributed by atoms with Crippen LogP contribution in [-0.2, 0) is 6.42 Å². The van der Waals surface area contributed by atoms with Crippen molar-refractivity contribution < 1.29 is 0 Å². The number of H-pyrrole nitrogens is 1. The molecule has 3 heteroatoms. The van der Waals surface area contributed by atoms with Crippen LogP contribution in [0.2, 0.25) is 0 Å². The predicted molar refractivity (Wildman–Crippen MR) is 86.7 cm³/mol. The van der Waals surface area contributed by atoms with Crippen molar-refractivity contribution in [3.8, 4) is 0 Å². The lowest BCUT2D eigenvalue weighted by atomic mass is 10.1. The van der Waals surface area contributed by atoms with Crippen LogP contribution < -0.4 is 5.73 Å². The molecule has 20 heavy (non-hydrogen) atoms. The van der Waals surface area contributed by atoms with Crippen molar-refractivity contribution in [2.75, 3.05) is 0 Å². The molecule has 0 saturated heterocycles. The second kappa shape index (κ2) is 10.9. The third kappa shape index (κ3) is 7.09.